The van der Waals surface area contributed by atoms with Gasteiger partial charge in [-0.15, -0.1) is 24.9 Å². The van der Waals surface area contributed by atoms with Crippen molar-refractivity contribution in [3.8, 4) is 0 Å². The van der Waals surface area contributed by atoms with Crippen molar-refractivity contribution in [2.24, 2.45) is 17.8 Å². The van der Waals surface area contributed by atoms with Crippen molar-refractivity contribution in [2.45, 2.75) is 62.0 Å². The third-order valence-corrected chi connectivity index (χ3v) is 11.7. The summed E-state index contributed by atoms with van der Waals surface area (Å²) < 4.78 is -0.682. The van der Waals surface area contributed by atoms with E-state index in [2.05, 4.69) is 20.1 Å². The van der Waals surface area contributed by atoms with E-state index in [1.54, 1.807) is 33.7 Å². The van der Waals surface area contributed by atoms with Gasteiger partial charge in [-0.3, -0.25) is 14.4 Å². The number of likely N-dealkylation sites (tertiary alicyclic amines) is 1. The first kappa shape index (κ1) is 31.3. The Hall–Kier alpha value is -3.10. The van der Waals surface area contributed by atoms with Crippen LogP contribution in [-0.2, 0) is 14.4 Å². The number of anilines is 1. The smallest absolute Gasteiger partial charge is 0.251 e. The van der Waals surface area contributed by atoms with Crippen LogP contribution in [0.1, 0.15) is 46.0 Å². The van der Waals surface area contributed by atoms with Crippen LogP contribution < -0.4 is 4.90 Å². The highest BCUT2D eigenvalue weighted by Gasteiger charge is 2.76. The summed E-state index contributed by atoms with van der Waals surface area (Å²) in [4.78, 5) is 49.0. The number of rotatable bonds is 14. The van der Waals surface area contributed by atoms with E-state index in [0.717, 1.165) is 35.7 Å². The summed E-state index contributed by atoms with van der Waals surface area (Å²) in [6.45, 7) is 13.9. The van der Waals surface area contributed by atoms with Crippen LogP contribution in [0.3, 0.4) is 0 Å². The molecule has 3 aliphatic rings. The van der Waals surface area contributed by atoms with Gasteiger partial charge in [-0.25, -0.2) is 0 Å². The molecule has 0 aromatic heterocycles. The zero-order chi connectivity index (χ0) is 30.7. The molecule has 43 heavy (non-hydrogen) atoms. The van der Waals surface area contributed by atoms with Gasteiger partial charge < -0.3 is 19.8 Å². The Morgan fingerprint density at radius 1 is 1.07 bits per heavy atom. The molecule has 0 saturated carbocycles. The van der Waals surface area contributed by atoms with Gasteiger partial charge in [0.1, 0.15) is 6.04 Å². The molecule has 230 valence electrons. The zero-order valence-electron chi connectivity index (χ0n) is 25.5. The van der Waals surface area contributed by atoms with Gasteiger partial charge >= 0.3 is 0 Å². The van der Waals surface area contributed by atoms with E-state index in [-0.39, 0.29) is 35.5 Å². The van der Waals surface area contributed by atoms with Crippen LogP contribution in [0.5, 0.6) is 0 Å². The minimum atomic E-state index is -0.688. The fourth-order valence-electron chi connectivity index (χ4n) is 7.76. The normalized spacial score (nSPS) is 27.4. The van der Waals surface area contributed by atoms with Crippen LogP contribution in [0.15, 0.2) is 67.8 Å². The van der Waals surface area contributed by atoms with Gasteiger partial charge in [0.25, 0.3) is 5.91 Å². The summed E-state index contributed by atoms with van der Waals surface area (Å²) in [6.07, 6.45) is 7.21. The van der Waals surface area contributed by atoms with Crippen molar-refractivity contribution < 1.29 is 19.5 Å². The summed E-state index contributed by atoms with van der Waals surface area (Å²) in [5, 5.41) is 11.5. The molecule has 3 aliphatic heterocycles. The Morgan fingerprint density at radius 3 is 2.51 bits per heavy atom. The number of aliphatic hydroxyl groups is 1. The van der Waals surface area contributed by atoms with Crippen molar-refractivity contribution in [2.75, 3.05) is 37.7 Å². The zero-order valence-corrected chi connectivity index (χ0v) is 26.3. The first-order chi connectivity index (χ1) is 20.8. The second kappa shape index (κ2) is 13.3. The molecule has 3 heterocycles. The number of fused-ring (bicyclic) bond motifs is 2. The Labute approximate surface area is 260 Å². The van der Waals surface area contributed by atoms with Crippen LogP contribution in [0.2, 0.25) is 0 Å². The molecule has 5 rings (SSSR count). The van der Waals surface area contributed by atoms with E-state index in [4.69, 9.17) is 0 Å². The highest BCUT2D eigenvalue weighted by molar-refractivity contribution is 8.02. The lowest BCUT2D eigenvalue weighted by atomic mass is 9.65. The number of nitrogens with zero attached hydrogens (tertiary/aromatic N) is 3. The summed E-state index contributed by atoms with van der Waals surface area (Å²) in [5.41, 5.74) is 0.772. The molecular weight excluding hydrogens is 558 g/mol. The molecule has 0 radical (unpaired) electrons. The monoisotopic (exact) mass is 603 g/mol. The van der Waals surface area contributed by atoms with E-state index in [1.165, 1.54) is 0 Å². The van der Waals surface area contributed by atoms with Crippen LogP contribution in [0, 0.1) is 17.8 Å². The highest BCUT2D eigenvalue weighted by Crippen LogP contribution is 2.69. The average molecular weight is 604 g/mol. The number of hydrogen-bond acceptors (Lipinski definition) is 5. The summed E-state index contributed by atoms with van der Waals surface area (Å²) >= 11 is 1.72. The topological polar surface area (TPSA) is 81.2 Å². The second-order valence-electron chi connectivity index (χ2n) is 12.2. The maximum atomic E-state index is 14.9. The maximum absolute atomic E-state index is 14.9. The predicted molar refractivity (Wildman–Crippen MR) is 175 cm³/mol. The Morgan fingerprint density at radius 2 is 1.81 bits per heavy atom. The Balaban J connectivity index is 1.57. The lowest BCUT2D eigenvalue weighted by molar-refractivity contribution is -0.144. The number of aliphatic hydroxyl groups excluding tert-OH is 1. The first-order valence-corrected chi connectivity index (χ1v) is 16.6. The van der Waals surface area contributed by atoms with Crippen molar-refractivity contribution in [1.82, 2.24) is 9.80 Å². The third kappa shape index (κ3) is 5.42. The quantitative estimate of drug-likeness (QED) is 0.235. The lowest BCUT2D eigenvalue weighted by Crippen LogP contribution is -2.57. The molecular formula is C35H45N3O4S. The van der Waals surface area contributed by atoms with Crippen LogP contribution in [-0.4, -0.2) is 81.5 Å². The third-order valence-electron chi connectivity index (χ3n) is 9.60. The van der Waals surface area contributed by atoms with Crippen molar-refractivity contribution in [3.63, 3.8) is 0 Å². The van der Waals surface area contributed by atoms with Crippen LogP contribution >= 0.6 is 11.8 Å². The van der Waals surface area contributed by atoms with Gasteiger partial charge in [-0.05, 0) is 60.9 Å². The fourth-order valence-corrected chi connectivity index (χ4v) is 10.2. The Bertz CT molecular complexity index is 1380. The summed E-state index contributed by atoms with van der Waals surface area (Å²) in [6, 6.07) is 13.4. The number of unbranched alkanes of at least 4 members (excludes halogenated alkanes) is 2. The molecule has 3 amide bonds. The number of carbonyl (C=O) groups excluding carboxylic acids is 3. The fraction of sp³-hybridized carbons (Fsp3) is 0.514. The van der Waals surface area contributed by atoms with Crippen molar-refractivity contribution in [3.05, 3.63) is 67.8 Å². The van der Waals surface area contributed by atoms with Gasteiger partial charge in [-0.2, -0.15) is 0 Å². The Kier molecular flexibility index (Phi) is 9.67. The van der Waals surface area contributed by atoms with Crippen LogP contribution in [0.4, 0.5) is 5.69 Å². The summed E-state index contributed by atoms with van der Waals surface area (Å²) in [5.74, 6) is -1.08. The van der Waals surface area contributed by atoms with Gasteiger partial charge in [0.15, 0.2) is 0 Å². The molecule has 3 fully saturated rings. The number of hydrogen-bond donors (Lipinski definition) is 1. The molecule has 3 saturated heterocycles. The molecule has 0 aliphatic carbocycles. The van der Waals surface area contributed by atoms with Crippen LogP contribution in [0.25, 0.3) is 10.8 Å². The van der Waals surface area contributed by atoms with E-state index in [9.17, 15) is 19.5 Å². The standard InChI is InChI=1S/C35H45N3O4S/c1-5-17-36(18-6-2)32(40)29-28-22-24(4)35(43-28)30(29)33(41)38(20-11-8-12-21-39)31(35)34(42)37(19-7-3)27-16-15-25-13-9-10-14-26(25)23-27/h5,7,9-10,13-16,23-24,28-31,39H,1,3,6,8,11-12,17-22H2,2,4H3/t24?,28-,29+,30+,31?,35?/m1/s1. The molecule has 1 spiro atoms. The van der Waals surface area contributed by atoms with E-state index >= 15 is 0 Å². The van der Waals surface area contributed by atoms with Crippen molar-refractivity contribution in [1.29, 1.82) is 0 Å². The average Bonchev–Trinajstić information content (AvgIpc) is 3.60. The number of carbonyl (C=O) groups is 3. The molecule has 2 bridgehead atoms. The molecule has 3 unspecified atom stereocenters. The summed E-state index contributed by atoms with van der Waals surface area (Å²) in [7, 11) is 0. The van der Waals surface area contributed by atoms with Gasteiger partial charge in [0.05, 0.1) is 16.6 Å². The molecule has 2 aromatic rings. The van der Waals surface area contributed by atoms with Crippen molar-refractivity contribution >= 4 is 45.9 Å². The number of amides is 3. The number of benzene rings is 2. The molecule has 2 aromatic carbocycles. The SMILES string of the molecule is C=CCN(CCC)C(=O)[C@@H]1[C@H]2C(=O)N(CCCCCO)C(C(=O)N(CC=C)c3ccc4ccccc4c3)C23S[C@@H]1CC3C. The molecule has 8 heteroatoms. The lowest BCUT2D eigenvalue weighted by Gasteiger charge is -2.41. The largest absolute Gasteiger partial charge is 0.396 e. The highest BCUT2D eigenvalue weighted by atomic mass is 32.2. The first-order valence-electron chi connectivity index (χ1n) is 15.7. The van der Waals surface area contributed by atoms with Gasteiger partial charge in [0.2, 0.25) is 11.8 Å². The maximum Gasteiger partial charge on any atom is 0.251 e. The van der Waals surface area contributed by atoms with Gasteiger partial charge in [-0.1, -0.05) is 56.3 Å². The van der Waals surface area contributed by atoms with E-state index < -0.39 is 22.6 Å². The van der Waals surface area contributed by atoms with E-state index in [1.807, 2.05) is 54.3 Å². The minimum Gasteiger partial charge on any atom is -0.396 e. The number of thioether (sulfide) groups is 1. The van der Waals surface area contributed by atoms with Gasteiger partial charge in [0, 0.05) is 43.7 Å². The molecule has 7 nitrogen and oxygen atoms in total. The van der Waals surface area contributed by atoms with E-state index in [0.29, 0.717) is 39.0 Å². The molecule has 1 N–H and O–H groups in total. The molecule has 6 atom stereocenters. The second-order valence-corrected chi connectivity index (χ2v) is 13.8. The predicted octanol–water partition coefficient (Wildman–Crippen LogP) is 5.28. The minimum absolute atomic E-state index is 0.000911.